The average Bonchev–Trinajstić information content (AvgIpc) is 2.57. The molecule has 0 radical (unpaired) electrons. The molecule has 1 aromatic carbocycles. The third kappa shape index (κ3) is 9.10. The summed E-state index contributed by atoms with van der Waals surface area (Å²) in [6.07, 6.45) is 6.81. The number of rotatable bonds is 11. The molecule has 0 unspecified atom stereocenters. The van der Waals surface area contributed by atoms with Gasteiger partial charge in [0.25, 0.3) is 0 Å². The van der Waals surface area contributed by atoms with Gasteiger partial charge in [0.05, 0.1) is 17.2 Å². The van der Waals surface area contributed by atoms with E-state index in [9.17, 15) is 9.59 Å². The molecule has 1 aromatic rings. The largest absolute Gasteiger partial charge is 0.543 e. The molecule has 0 bridgehead atoms. The van der Waals surface area contributed by atoms with E-state index in [0.29, 0.717) is 5.56 Å². The predicted molar refractivity (Wildman–Crippen MR) is 92.8 cm³/mol. The fraction of sp³-hybridized carbons (Fsp3) is 0.579. The average molecular weight is 352 g/mol. The maximum atomic E-state index is 11.8. The van der Waals surface area contributed by atoms with Gasteiger partial charge in [-0.3, -0.25) is 4.89 Å². The van der Waals surface area contributed by atoms with Crippen molar-refractivity contribution in [3.63, 3.8) is 0 Å². The van der Waals surface area contributed by atoms with Crippen LogP contribution in [0.15, 0.2) is 18.2 Å². The first kappa shape index (κ1) is 21.0. The smallest absolute Gasteiger partial charge is 0.432 e. The number of carbonyl (C=O) groups is 2. The summed E-state index contributed by atoms with van der Waals surface area (Å²) in [5, 5.41) is 4.20. The van der Waals surface area contributed by atoms with Crippen LogP contribution in [0.4, 0.5) is 4.79 Å². The first-order valence-electron chi connectivity index (χ1n) is 8.84. The van der Waals surface area contributed by atoms with Gasteiger partial charge in [-0.25, -0.2) is 14.5 Å². The molecule has 1 rings (SSSR count). The van der Waals surface area contributed by atoms with Crippen LogP contribution in [0.25, 0.3) is 0 Å². The van der Waals surface area contributed by atoms with E-state index in [0.717, 1.165) is 30.4 Å². The van der Waals surface area contributed by atoms with Crippen molar-refractivity contribution >= 4 is 12.1 Å². The van der Waals surface area contributed by atoms with Crippen LogP contribution in [0.3, 0.4) is 0 Å². The highest BCUT2D eigenvalue weighted by Gasteiger charge is 2.14. The summed E-state index contributed by atoms with van der Waals surface area (Å²) in [7, 11) is 0. The van der Waals surface area contributed by atoms with Crippen molar-refractivity contribution in [1.82, 2.24) is 0 Å². The number of ether oxygens (including phenoxy) is 1. The lowest BCUT2D eigenvalue weighted by atomic mass is 10.1. The molecule has 25 heavy (non-hydrogen) atoms. The molecule has 0 fully saturated rings. The summed E-state index contributed by atoms with van der Waals surface area (Å²) in [5.74, 6) is -0.739. The Bertz CT molecular complexity index is 541. The fourth-order valence-corrected chi connectivity index (χ4v) is 2.40. The lowest BCUT2D eigenvalue weighted by Crippen LogP contribution is -2.13. The normalized spacial score (nSPS) is 10.4. The highest BCUT2D eigenvalue weighted by Crippen LogP contribution is 2.12. The van der Waals surface area contributed by atoms with Gasteiger partial charge in [0.1, 0.15) is 0 Å². The number of aryl methyl sites for hydroxylation is 2. The summed E-state index contributed by atoms with van der Waals surface area (Å²) in [4.78, 5) is 31.8. The Hall–Kier alpha value is -2.08. The predicted octanol–water partition coefficient (Wildman–Crippen LogP) is 5.21. The van der Waals surface area contributed by atoms with Crippen molar-refractivity contribution in [3.05, 3.63) is 34.9 Å². The minimum Gasteiger partial charge on any atom is -0.432 e. The second-order valence-corrected chi connectivity index (χ2v) is 6.06. The molecule has 0 aliphatic rings. The molecule has 0 saturated heterocycles. The topological polar surface area (TPSA) is 71.1 Å². The summed E-state index contributed by atoms with van der Waals surface area (Å²) >= 11 is 0. The first-order valence-corrected chi connectivity index (χ1v) is 8.84. The zero-order valence-corrected chi connectivity index (χ0v) is 15.3. The van der Waals surface area contributed by atoms with E-state index < -0.39 is 12.1 Å². The standard InChI is InChI=1S/C19H28O6/c1-4-5-6-7-8-9-10-13-22-19(21)24-25-23-18(20)17-12-11-15(2)14-16(17)3/h11-12,14H,4-10,13H2,1-3H3. The first-order chi connectivity index (χ1) is 12.0. The Kier molecular flexibility index (Phi) is 10.3. The van der Waals surface area contributed by atoms with Gasteiger partial charge in [-0.1, -0.05) is 63.1 Å². The van der Waals surface area contributed by atoms with E-state index in [4.69, 9.17) is 4.74 Å². The van der Waals surface area contributed by atoms with E-state index in [1.165, 1.54) is 25.7 Å². The van der Waals surface area contributed by atoms with Crippen molar-refractivity contribution in [3.8, 4) is 0 Å². The Morgan fingerprint density at radius 2 is 1.60 bits per heavy atom. The van der Waals surface area contributed by atoms with Crippen LogP contribution in [0.1, 0.15) is 73.4 Å². The molecule has 6 nitrogen and oxygen atoms in total. The maximum absolute atomic E-state index is 11.8. The van der Waals surface area contributed by atoms with Gasteiger partial charge in [0.15, 0.2) is 0 Å². The molecule has 6 heteroatoms. The van der Waals surface area contributed by atoms with E-state index in [1.807, 2.05) is 13.0 Å². The summed E-state index contributed by atoms with van der Waals surface area (Å²) < 4.78 is 4.82. The fourth-order valence-electron chi connectivity index (χ4n) is 2.40. The van der Waals surface area contributed by atoms with Gasteiger partial charge in [-0.15, -0.1) is 0 Å². The lowest BCUT2D eigenvalue weighted by molar-refractivity contribution is -0.452. The molecule has 0 N–H and O–H groups in total. The molecule has 0 spiro atoms. The van der Waals surface area contributed by atoms with Crippen molar-refractivity contribution in [2.45, 2.75) is 65.7 Å². The van der Waals surface area contributed by atoms with Gasteiger partial charge in [-0.2, -0.15) is 0 Å². The van der Waals surface area contributed by atoms with Crippen LogP contribution in [0, 0.1) is 13.8 Å². The summed E-state index contributed by atoms with van der Waals surface area (Å²) in [6, 6.07) is 5.24. The molecule has 0 amide bonds. The number of benzene rings is 1. The Labute approximate surface area is 149 Å². The molecular formula is C19H28O6. The number of hydrogen-bond donors (Lipinski definition) is 0. The van der Waals surface area contributed by atoms with Crippen LogP contribution in [0.2, 0.25) is 0 Å². The second kappa shape index (κ2) is 12.3. The van der Waals surface area contributed by atoms with Crippen LogP contribution in [-0.4, -0.2) is 18.7 Å². The van der Waals surface area contributed by atoms with E-state index in [-0.39, 0.29) is 6.61 Å². The van der Waals surface area contributed by atoms with Crippen molar-refractivity contribution in [2.75, 3.05) is 6.61 Å². The highest BCUT2D eigenvalue weighted by atomic mass is 17.5. The Morgan fingerprint density at radius 3 is 2.28 bits per heavy atom. The monoisotopic (exact) mass is 352 g/mol. The minimum atomic E-state index is -1.03. The van der Waals surface area contributed by atoms with Crippen molar-refractivity contribution in [2.24, 2.45) is 0 Å². The molecule has 140 valence electrons. The lowest BCUT2D eigenvalue weighted by Gasteiger charge is -2.06. The molecule has 0 aliphatic carbocycles. The van der Waals surface area contributed by atoms with Crippen molar-refractivity contribution < 1.29 is 29.1 Å². The summed E-state index contributed by atoms with van der Waals surface area (Å²) in [5.41, 5.74) is 2.11. The van der Waals surface area contributed by atoms with Crippen LogP contribution in [-0.2, 0) is 19.6 Å². The van der Waals surface area contributed by atoms with Gasteiger partial charge in [0.2, 0.25) is 0 Å². The van der Waals surface area contributed by atoms with Crippen molar-refractivity contribution in [1.29, 1.82) is 0 Å². The zero-order valence-electron chi connectivity index (χ0n) is 15.3. The SMILES string of the molecule is CCCCCCCCCOC(=O)OOOC(=O)c1ccc(C)cc1C. The quantitative estimate of drug-likeness (QED) is 0.236. The molecular weight excluding hydrogens is 324 g/mol. The highest BCUT2D eigenvalue weighted by molar-refractivity contribution is 5.90. The van der Waals surface area contributed by atoms with E-state index in [2.05, 4.69) is 21.7 Å². The third-order valence-electron chi connectivity index (χ3n) is 3.78. The molecule has 0 aliphatic heterocycles. The Morgan fingerprint density at radius 1 is 0.920 bits per heavy atom. The minimum absolute atomic E-state index is 0.251. The zero-order chi connectivity index (χ0) is 18.5. The number of hydrogen-bond acceptors (Lipinski definition) is 6. The van der Waals surface area contributed by atoms with Crippen LogP contribution in [0.5, 0.6) is 0 Å². The summed E-state index contributed by atoms with van der Waals surface area (Å²) in [6.45, 7) is 6.13. The van der Waals surface area contributed by atoms with Crippen LogP contribution >= 0.6 is 0 Å². The second-order valence-electron chi connectivity index (χ2n) is 6.06. The van der Waals surface area contributed by atoms with Gasteiger partial charge in [-0.05, 0) is 31.9 Å². The number of unbranched alkanes of at least 4 members (excludes halogenated alkanes) is 6. The molecule has 0 aromatic heterocycles. The maximum Gasteiger partial charge on any atom is 0.543 e. The van der Waals surface area contributed by atoms with E-state index >= 15 is 0 Å². The molecule has 0 heterocycles. The molecule has 0 atom stereocenters. The Balaban J connectivity index is 2.09. The van der Waals surface area contributed by atoms with Gasteiger partial charge >= 0.3 is 12.1 Å². The van der Waals surface area contributed by atoms with Gasteiger partial charge < -0.3 is 4.74 Å². The number of carbonyl (C=O) groups excluding carboxylic acids is 2. The van der Waals surface area contributed by atoms with Gasteiger partial charge in [0, 0.05) is 0 Å². The molecule has 0 saturated carbocycles. The van der Waals surface area contributed by atoms with Crippen LogP contribution < -0.4 is 0 Å². The third-order valence-corrected chi connectivity index (χ3v) is 3.78. The van der Waals surface area contributed by atoms with E-state index in [1.54, 1.807) is 19.1 Å².